The van der Waals surface area contributed by atoms with Crippen molar-refractivity contribution >= 4 is 20.6 Å². The predicted octanol–water partition coefficient (Wildman–Crippen LogP) is -3.58. The van der Waals surface area contributed by atoms with Gasteiger partial charge >= 0.3 is 20.6 Å². The molecule has 0 spiro atoms. The Kier molecular flexibility index (Phi) is 3.30. The lowest BCUT2D eigenvalue weighted by molar-refractivity contribution is 0.444. The molecule has 0 heterocycles. The molecule has 0 aromatic rings. The second kappa shape index (κ2) is 3.40. The van der Waals surface area contributed by atoms with E-state index in [1.807, 2.05) is 0 Å². The average Bonchev–Trinajstić information content (AvgIpc) is 1.86. The van der Waals surface area contributed by atoms with E-state index < -0.39 is 20.6 Å². The minimum Gasteiger partial charge on any atom is -0.256 e. The maximum atomic E-state index is 10.2. The number of nitrogens with one attached hydrogen (secondary N) is 2. The Morgan fingerprint density at radius 3 is 1.36 bits per heavy atom. The summed E-state index contributed by atoms with van der Waals surface area (Å²) in [6.07, 6.45) is 0. The van der Waals surface area contributed by atoms with Crippen LogP contribution in [-0.4, -0.2) is 16.8 Å². The van der Waals surface area contributed by atoms with Crippen LogP contribution in [0.2, 0.25) is 0 Å². The van der Waals surface area contributed by atoms with Crippen LogP contribution in [0, 0.1) is 0 Å². The van der Waals surface area contributed by atoms with E-state index in [-0.39, 0.29) is 0 Å². The predicted molar refractivity (Wildman–Crippen MR) is 33.6 cm³/mol. The first kappa shape index (κ1) is 10.7. The van der Waals surface area contributed by atoms with Crippen LogP contribution in [0.4, 0.5) is 0 Å². The van der Waals surface area contributed by atoms with Crippen LogP contribution in [0.3, 0.4) is 0 Å². The zero-order valence-electron chi connectivity index (χ0n) is 5.01. The lowest BCUT2D eigenvalue weighted by atomic mass is 13.0. The van der Waals surface area contributed by atoms with Gasteiger partial charge in [-0.25, -0.2) is 0 Å². The largest absolute Gasteiger partial charge is 0.364 e. The van der Waals surface area contributed by atoms with Crippen LogP contribution >= 0.6 is 0 Å². The van der Waals surface area contributed by atoms with E-state index in [0.29, 0.717) is 0 Å². The fourth-order valence-corrected chi connectivity index (χ4v) is 1.41. The molecule has 0 saturated heterocycles. The highest BCUT2D eigenvalue weighted by molar-refractivity contribution is 7.97. The van der Waals surface area contributed by atoms with E-state index in [9.17, 15) is 16.8 Å². The van der Waals surface area contributed by atoms with Crippen molar-refractivity contribution in [3.63, 3.8) is 0 Å². The fourth-order valence-electron chi connectivity index (χ4n) is 0.157. The van der Waals surface area contributed by atoms with Gasteiger partial charge in [0, 0.05) is 0 Å². The summed E-state index contributed by atoms with van der Waals surface area (Å²) in [5, 5.41) is 0. The lowest BCUT2D eigenvalue weighted by Gasteiger charge is -2.01. The number of hydrazine groups is 2. The van der Waals surface area contributed by atoms with E-state index in [1.165, 1.54) is 0 Å². The summed E-state index contributed by atoms with van der Waals surface area (Å²) in [4.78, 5) is 2.21. The third kappa shape index (κ3) is 4.20. The lowest BCUT2D eigenvalue weighted by Crippen LogP contribution is -2.39. The molecular weight excluding hydrogens is 200 g/mol. The van der Waals surface area contributed by atoms with Crippen molar-refractivity contribution in [1.82, 2.24) is 9.66 Å². The summed E-state index contributed by atoms with van der Waals surface area (Å²) < 4.78 is 44.4. The van der Waals surface area contributed by atoms with Gasteiger partial charge in [-0.1, -0.05) is 0 Å². The van der Waals surface area contributed by atoms with Crippen LogP contribution in [0.5, 0.6) is 0 Å². The van der Waals surface area contributed by atoms with Crippen LogP contribution in [0.15, 0.2) is 0 Å². The van der Waals surface area contributed by atoms with E-state index in [2.05, 4.69) is 15.3 Å². The number of hydrogen-bond donors (Lipinski definition) is 4. The van der Waals surface area contributed by atoms with Gasteiger partial charge in [0.05, 0.1) is 0 Å². The summed E-state index contributed by atoms with van der Waals surface area (Å²) >= 11 is 0. The van der Waals surface area contributed by atoms with Gasteiger partial charge in [0.2, 0.25) is 0 Å². The van der Waals surface area contributed by atoms with Gasteiger partial charge in [0.15, 0.2) is 0 Å². The molecule has 68 valence electrons. The molecule has 0 fully saturated rings. The molecular formula is H6N4O5S2. The standard InChI is InChI=1S/H6N4O5S2/c1-3-10(5,6)9-11(7,8)4-2/h3-4H,1-2H2. The minimum atomic E-state index is -4.49. The number of rotatable bonds is 4. The molecule has 6 N–H and O–H groups in total. The Labute approximate surface area is 63.1 Å². The SMILES string of the molecule is NNS(=O)(=O)OS(=O)(=O)NN. The molecule has 0 aromatic carbocycles. The maximum Gasteiger partial charge on any atom is 0.364 e. The van der Waals surface area contributed by atoms with E-state index >= 15 is 0 Å². The van der Waals surface area contributed by atoms with Gasteiger partial charge < -0.3 is 0 Å². The van der Waals surface area contributed by atoms with Crippen molar-refractivity contribution in [3.8, 4) is 0 Å². The van der Waals surface area contributed by atoms with Crippen LogP contribution in [0.25, 0.3) is 0 Å². The van der Waals surface area contributed by atoms with Gasteiger partial charge in [-0.3, -0.25) is 11.7 Å². The molecule has 0 aliphatic carbocycles. The fraction of sp³-hybridized carbons (Fsp3) is 0. The Morgan fingerprint density at radius 2 is 1.18 bits per heavy atom. The number of nitrogens with two attached hydrogens (primary N) is 2. The molecule has 0 aliphatic heterocycles. The van der Waals surface area contributed by atoms with Gasteiger partial charge in [0.25, 0.3) is 0 Å². The highest BCUT2D eigenvalue weighted by atomic mass is 32.3. The molecule has 11 heteroatoms. The number of hydrogen-bond acceptors (Lipinski definition) is 7. The topological polar surface area (TPSA) is 154 Å². The zero-order valence-corrected chi connectivity index (χ0v) is 6.65. The van der Waals surface area contributed by atoms with E-state index in [4.69, 9.17) is 0 Å². The Morgan fingerprint density at radius 1 is 0.909 bits per heavy atom. The van der Waals surface area contributed by atoms with Crippen molar-refractivity contribution in [1.29, 1.82) is 0 Å². The monoisotopic (exact) mass is 206 g/mol. The van der Waals surface area contributed by atoms with Crippen LogP contribution in [0.1, 0.15) is 0 Å². The highest BCUT2D eigenvalue weighted by Crippen LogP contribution is 1.91. The summed E-state index contributed by atoms with van der Waals surface area (Å²) in [5.41, 5.74) is 0. The summed E-state index contributed by atoms with van der Waals surface area (Å²) in [6, 6.07) is 0. The van der Waals surface area contributed by atoms with Crippen molar-refractivity contribution in [2.75, 3.05) is 0 Å². The van der Waals surface area contributed by atoms with Gasteiger partial charge in [-0.05, 0) is 0 Å². The molecule has 0 unspecified atom stereocenters. The van der Waals surface area contributed by atoms with Gasteiger partial charge in [0.1, 0.15) is 0 Å². The molecule has 0 amide bonds. The van der Waals surface area contributed by atoms with Crippen molar-refractivity contribution in [2.45, 2.75) is 0 Å². The maximum absolute atomic E-state index is 10.2. The molecule has 0 radical (unpaired) electrons. The Bertz CT molecular complexity index is 265. The van der Waals surface area contributed by atoms with Crippen LogP contribution < -0.4 is 21.3 Å². The van der Waals surface area contributed by atoms with Crippen molar-refractivity contribution < 1.29 is 20.5 Å². The molecule has 0 saturated carbocycles. The first-order valence-corrected chi connectivity index (χ1v) is 4.80. The van der Waals surface area contributed by atoms with Crippen LogP contribution in [-0.2, 0) is 24.2 Å². The molecule has 0 bridgehead atoms. The molecule has 11 heavy (non-hydrogen) atoms. The van der Waals surface area contributed by atoms with E-state index in [1.54, 1.807) is 0 Å². The second-order valence-electron chi connectivity index (χ2n) is 1.21. The first-order chi connectivity index (χ1) is 4.83. The second-order valence-corrected chi connectivity index (χ2v) is 4.04. The van der Waals surface area contributed by atoms with Gasteiger partial charge in [-0.15, -0.1) is 13.3 Å². The minimum absolute atomic E-state index is 1.11. The first-order valence-electron chi connectivity index (χ1n) is 1.99. The smallest absolute Gasteiger partial charge is 0.256 e. The van der Waals surface area contributed by atoms with E-state index in [0.717, 1.165) is 9.66 Å². The van der Waals surface area contributed by atoms with Gasteiger partial charge in [-0.2, -0.15) is 16.8 Å². The Balaban J connectivity index is 4.54. The molecule has 0 rings (SSSR count). The molecule has 0 atom stereocenters. The summed E-state index contributed by atoms with van der Waals surface area (Å²) in [7, 11) is -8.98. The highest BCUT2D eigenvalue weighted by Gasteiger charge is 2.19. The normalized spacial score (nSPS) is 13.3. The summed E-state index contributed by atoms with van der Waals surface area (Å²) in [5.74, 6) is 8.74. The molecule has 0 aliphatic rings. The molecule has 0 aromatic heterocycles. The Hall–Kier alpha value is -0.300. The average molecular weight is 206 g/mol. The van der Waals surface area contributed by atoms with Crippen molar-refractivity contribution in [2.24, 2.45) is 11.7 Å². The third-order valence-corrected chi connectivity index (χ3v) is 2.48. The zero-order chi connectivity index (χ0) is 9.12. The molecule has 9 nitrogen and oxygen atoms in total. The van der Waals surface area contributed by atoms with Crippen molar-refractivity contribution in [3.05, 3.63) is 0 Å². The quantitative estimate of drug-likeness (QED) is 0.274. The third-order valence-electron chi connectivity index (χ3n) is 0.468. The summed E-state index contributed by atoms with van der Waals surface area (Å²) in [6.45, 7) is 0.